The van der Waals surface area contributed by atoms with Gasteiger partial charge < -0.3 is 9.64 Å². The predicted molar refractivity (Wildman–Crippen MR) is 116 cm³/mol. The molecule has 162 valence electrons. The number of piperazine rings is 1. The van der Waals surface area contributed by atoms with E-state index in [-0.39, 0.29) is 10.7 Å². The Balaban J connectivity index is 1.49. The summed E-state index contributed by atoms with van der Waals surface area (Å²) in [7, 11) is -3.66. The van der Waals surface area contributed by atoms with Crippen LogP contribution in [0.25, 0.3) is 11.3 Å². The molecular weight excluding hydrogens is 419 g/mol. The summed E-state index contributed by atoms with van der Waals surface area (Å²) in [6.07, 6.45) is 1.47. The Morgan fingerprint density at radius 2 is 1.71 bits per heavy atom. The zero-order valence-electron chi connectivity index (χ0n) is 17.1. The van der Waals surface area contributed by atoms with Crippen LogP contribution in [-0.2, 0) is 10.0 Å². The highest BCUT2D eigenvalue weighted by Gasteiger charge is 2.31. The molecule has 2 aromatic carbocycles. The molecule has 0 saturated carbocycles. The van der Waals surface area contributed by atoms with Crippen LogP contribution in [0.4, 0.5) is 10.2 Å². The number of ether oxygens (including phenoxy) is 1. The summed E-state index contributed by atoms with van der Waals surface area (Å²) in [5, 5.41) is 0. The van der Waals surface area contributed by atoms with E-state index in [1.54, 1.807) is 36.4 Å². The summed E-state index contributed by atoms with van der Waals surface area (Å²) in [6.45, 7) is 3.87. The van der Waals surface area contributed by atoms with Gasteiger partial charge in [0.2, 0.25) is 10.0 Å². The van der Waals surface area contributed by atoms with Crippen LogP contribution in [0.2, 0.25) is 0 Å². The van der Waals surface area contributed by atoms with Crippen molar-refractivity contribution < 1.29 is 17.5 Å². The number of benzene rings is 2. The van der Waals surface area contributed by atoms with Crippen molar-refractivity contribution in [2.45, 2.75) is 11.8 Å². The van der Waals surface area contributed by atoms with E-state index in [9.17, 15) is 12.8 Å². The lowest BCUT2D eigenvalue weighted by Crippen LogP contribution is -2.49. The van der Waals surface area contributed by atoms with Gasteiger partial charge >= 0.3 is 0 Å². The molecule has 1 fully saturated rings. The van der Waals surface area contributed by atoms with E-state index < -0.39 is 10.0 Å². The molecule has 9 heteroatoms. The summed E-state index contributed by atoms with van der Waals surface area (Å²) in [5.74, 6) is 0.773. The fourth-order valence-electron chi connectivity index (χ4n) is 3.53. The molecule has 1 aromatic heterocycles. The predicted octanol–water partition coefficient (Wildman–Crippen LogP) is 3.19. The first-order chi connectivity index (χ1) is 15.0. The highest BCUT2D eigenvalue weighted by atomic mass is 32.2. The fourth-order valence-corrected chi connectivity index (χ4v) is 5.09. The molecule has 0 unspecified atom stereocenters. The number of rotatable bonds is 6. The highest BCUT2D eigenvalue weighted by molar-refractivity contribution is 7.89. The minimum Gasteiger partial charge on any atom is -0.492 e. The number of halogens is 1. The Morgan fingerprint density at radius 3 is 2.42 bits per heavy atom. The number of nitrogens with zero attached hydrogens (tertiary/aromatic N) is 4. The minimum absolute atomic E-state index is 0.186. The number of hydrogen-bond acceptors (Lipinski definition) is 6. The monoisotopic (exact) mass is 442 g/mol. The van der Waals surface area contributed by atoms with Crippen molar-refractivity contribution in [2.75, 3.05) is 37.7 Å². The molecule has 1 aliphatic heterocycles. The average molecular weight is 443 g/mol. The van der Waals surface area contributed by atoms with Gasteiger partial charge in [-0.1, -0.05) is 12.1 Å². The van der Waals surface area contributed by atoms with Crippen molar-refractivity contribution in [3.05, 3.63) is 66.7 Å². The van der Waals surface area contributed by atoms with Gasteiger partial charge in [-0.05, 0) is 43.3 Å². The summed E-state index contributed by atoms with van der Waals surface area (Å²) in [5.41, 5.74) is 1.48. The maximum Gasteiger partial charge on any atom is 0.246 e. The Labute approximate surface area is 181 Å². The van der Waals surface area contributed by atoms with Gasteiger partial charge in [0.15, 0.2) is 0 Å². The van der Waals surface area contributed by atoms with E-state index in [4.69, 9.17) is 4.74 Å². The van der Waals surface area contributed by atoms with Gasteiger partial charge in [0.25, 0.3) is 0 Å². The molecule has 3 aromatic rings. The molecule has 1 saturated heterocycles. The van der Waals surface area contributed by atoms with Crippen LogP contribution in [0.1, 0.15) is 6.92 Å². The SMILES string of the molecule is CCOc1ccccc1S(=O)(=O)N1CCN(c2cc(-c3ccc(F)cc3)ncn2)CC1. The number of hydrogen-bond donors (Lipinski definition) is 0. The molecule has 1 aliphatic rings. The normalized spacial score (nSPS) is 15.1. The summed E-state index contributed by atoms with van der Waals surface area (Å²) >= 11 is 0. The van der Waals surface area contributed by atoms with E-state index in [0.717, 1.165) is 5.56 Å². The molecule has 31 heavy (non-hydrogen) atoms. The Morgan fingerprint density at radius 1 is 1.00 bits per heavy atom. The van der Waals surface area contributed by atoms with Crippen LogP contribution in [0, 0.1) is 5.82 Å². The van der Waals surface area contributed by atoms with Crippen molar-refractivity contribution in [3.8, 4) is 17.0 Å². The smallest absolute Gasteiger partial charge is 0.246 e. The maximum atomic E-state index is 13.2. The van der Waals surface area contributed by atoms with Gasteiger partial charge in [-0.3, -0.25) is 0 Å². The second-order valence-corrected chi connectivity index (χ2v) is 8.95. The first-order valence-electron chi connectivity index (χ1n) is 10.0. The number of para-hydroxylation sites is 1. The van der Waals surface area contributed by atoms with Gasteiger partial charge in [-0.15, -0.1) is 0 Å². The highest BCUT2D eigenvalue weighted by Crippen LogP contribution is 2.28. The van der Waals surface area contributed by atoms with Gasteiger partial charge in [0.05, 0.1) is 12.3 Å². The van der Waals surface area contributed by atoms with Crippen LogP contribution in [0.5, 0.6) is 5.75 Å². The third-order valence-corrected chi connectivity index (χ3v) is 7.06. The largest absolute Gasteiger partial charge is 0.492 e. The van der Waals surface area contributed by atoms with Crippen LogP contribution < -0.4 is 9.64 Å². The summed E-state index contributed by atoms with van der Waals surface area (Å²) in [6, 6.07) is 14.7. The van der Waals surface area contributed by atoms with E-state index in [1.807, 2.05) is 17.9 Å². The number of aromatic nitrogens is 2. The molecule has 0 radical (unpaired) electrons. The van der Waals surface area contributed by atoms with Crippen molar-refractivity contribution in [1.29, 1.82) is 0 Å². The maximum absolute atomic E-state index is 13.2. The second kappa shape index (κ2) is 8.99. The standard InChI is InChI=1S/C22H23FN4O3S/c1-2-30-20-5-3-4-6-21(20)31(28,29)27-13-11-26(12-14-27)22-15-19(24-16-25-22)17-7-9-18(23)10-8-17/h3-10,15-16H,2,11-14H2,1H3. The summed E-state index contributed by atoms with van der Waals surface area (Å²) < 4.78 is 46.5. The molecule has 0 aliphatic carbocycles. The second-order valence-electron chi connectivity index (χ2n) is 7.04. The van der Waals surface area contributed by atoms with E-state index >= 15 is 0 Å². The molecular formula is C22H23FN4O3S. The Bertz CT molecular complexity index is 1150. The lowest BCUT2D eigenvalue weighted by atomic mass is 10.1. The molecule has 0 N–H and O–H groups in total. The first-order valence-corrected chi connectivity index (χ1v) is 11.5. The topological polar surface area (TPSA) is 75.6 Å². The van der Waals surface area contributed by atoms with E-state index in [2.05, 4.69) is 9.97 Å². The lowest BCUT2D eigenvalue weighted by Gasteiger charge is -2.34. The van der Waals surface area contributed by atoms with Crippen molar-refractivity contribution in [1.82, 2.24) is 14.3 Å². The van der Waals surface area contributed by atoms with Crippen LogP contribution >= 0.6 is 0 Å². The zero-order valence-corrected chi connectivity index (χ0v) is 17.9. The molecule has 0 atom stereocenters. The van der Waals surface area contributed by atoms with Gasteiger partial charge in [-0.25, -0.2) is 22.8 Å². The summed E-state index contributed by atoms with van der Waals surface area (Å²) in [4.78, 5) is 10.8. The third kappa shape index (κ3) is 4.52. The average Bonchev–Trinajstić information content (AvgIpc) is 2.80. The molecule has 0 bridgehead atoms. The van der Waals surface area contributed by atoms with Gasteiger partial charge in [-0.2, -0.15) is 4.31 Å². The molecule has 4 rings (SSSR count). The minimum atomic E-state index is -3.66. The molecule has 2 heterocycles. The molecule has 0 amide bonds. The van der Waals surface area contributed by atoms with Crippen molar-refractivity contribution >= 4 is 15.8 Å². The first kappa shape index (κ1) is 21.2. The van der Waals surface area contributed by atoms with Gasteiger partial charge in [0, 0.05) is 37.8 Å². The van der Waals surface area contributed by atoms with Crippen molar-refractivity contribution in [3.63, 3.8) is 0 Å². The fraction of sp³-hybridized carbons (Fsp3) is 0.273. The quantitative estimate of drug-likeness (QED) is 0.584. The Kier molecular flexibility index (Phi) is 6.15. The Hall–Kier alpha value is -3.04. The number of anilines is 1. The van der Waals surface area contributed by atoms with Crippen LogP contribution in [0.15, 0.2) is 65.8 Å². The van der Waals surface area contributed by atoms with Crippen molar-refractivity contribution in [2.24, 2.45) is 0 Å². The number of sulfonamides is 1. The van der Waals surface area contributed by atoms with Gasteiger partial charge in [0.1, 0.15) is 28.6 Å². The molecule has 7 nitrogen and oxygen atoms in total. The van der Waals surface area contributed by atoms with E-state index in [0.29, 0.717) is 50.0 Å². The lowest BCUT2D eigenvalue weighted by molar-refractivity contribution is 0.327. The third-order valence-electron chi connectivity index (χ3n) is 5.12. The van der Waals surface area contributed by atoms with Crippen LogP contribution in [-0.4, -0.2) is 55.5 Å². The zero-order chi connectivity index (χ0) is 21.8. The van der Waals surface area contributed by atoms with E-state index in [1.165, 1.54) is 22.8 Å². The molecule has 0 spiro atoms. The van der Waals surface area contributed by atoms with Crippen LogP contribution in [0.3, 0.4) is 0 Å².